The Bertz CT molecular complexity index is 1870. The van der Waals surface area contributed by atoms with Crippen LogP contribution in [0.5, 0.6) is 0 Å². The molecule has 0 aliphatic carbocycles. The highest BCUT2D eigenvalue weighted by molar-refractivity contribution is 5.84. The van der Waals surface area contributed by atoms with Gasteiger partial charge in [0, 0.05) is 70.6 Å². The zero-order valence-corrected chi connectivity index (χ0v) is 23.8. The molecular formula is C38H29N5. The van der Waals surface area contributed by atoms with Crippen LogP contribution in [0.1, 0.15) is 12.5 Å². The lowest BCUT2D eigenvalue weighted by Crippen LogP contribution is -1.92. The molecule has 0 saturated heterocycles. The van der Waals surface area contributed by atoms with Crippen molar-refractivity contribution >= 4 is 11.9 Å². The van der Waals surface area contributed by atoms with Crippen molar-refractivity contribution < 1.29 is 0 Å². The van der Waals surface area contributed by atoms with Crippen molar-refractivity contribution in [2.24, 2.45) is 4.99 Å². The zero-order chi connectivity index (χ0) is 29.4. The topological polar surface area (TPSA) is 63.9 Å². The number of hydrogen-bond acceptors (Lipinski definition) is 5. The van der Waals surface area contributed by atoms with E-state index in [1.807, 2.05) is 98.6 Å². The van der Waals surface area contributed by atoms with Crippen molar-refractivity contribution in [3.63, 3.8) is 0 Å². The van der Waals surface area contributed by atoms with Crippen molar-refractivity contribution in [2.45, 2.75) is 6.92 Å². The molecule has 0 unspecified atom stereocenters. The van der Waals surface area contributed by atoms with E-state index in [2.05, 4.69) is 74.0 Å². The number of pyridine rings is 4. The van der Waals surface area contributed by atoms with E-state index < -0.39 is 0 Å². The van der Waals surface area contributed by atoms with Crippen molar-refractivity contribution in [3.8, 4) is 56.0 Å². The summed E-state index contributed by atoms with van der Waals surface area (Å²) in [5, 5.41) is 0. The van der Waals surface area contributed by atoms with Crippen molar-refractivity contribution in [1.82, 2.24) is 19.9 Å². The van der Waals surface area contributed by atoms with Crippen LogP contribution in [-0.4, -0.2) is 26.2 Å². The van der Waals surface area contributed by atoms with E-state index in [4.69, 9.17) is 0 Å². The molecule has 0 saturated carbocycles. The average Bonchev–Trinajstić information content (AvgIpc) is 3.09. The minimum Gasteiger partial charge on any atom is -0.263 e. The first kappa shape index (κ1) is 27.4. The first-order valence-corrected chi connectivity index (χ1v) is 14.0. The lowest BCUT2D eigenvalue weighted by molar-refractivity contribution is 1.30. The lowest BCUT2D eigenvalue weighted by atomic mass is 9.94. The Labute approximate surface area is 251 Å². The summed E-state index contributed by atoms with van der Waals surface area (Å²) in [6.45, 7) is 5.80. The summed E-state index contributed by atoms with van der Waals surface area (Å²) in [7, 11) is 0. The van der Waals surface area contributed by atoms with Gasteiger partial charge in [-0.1, -0.05) is 30.9 Å². The normalized spacial score (nSPS) is 11.5. The van der Waals surface area contributed by atoms with Gasteiger partial charge in [0.25, 0.3) is 0 Å². The SMILES string of the molecule is C=C/C=C(\N=CC)c1cc(-c2cncc(-c3cc(-c4ccccn4)cc(-c4ccccn4)c3)c2)cc(-c2ccccn2)c1. The summed E-state index contributed by atoms with van der Waals surface area (Å²) in [6.07, 6.45) is 14.7. The van der Waals surface area contributed by atoms with E-state index in [1.165, 1.54) is 0 Å². The highest BCUT2D eigenvalue weighted by Gasteiger charge is 2.13. The van der Waals surface area contributed by atoms with Gasteiger partial charge >= 0.3 is 0 Å². The minimum absolute atomic E-state index is 0.823. The molecule has 5 heteroatoms. The maximum Gasteiger partial charge on any atom is 0.0702 e. The first-order chi connectivity index (χ1) is 21.2. The van der Waals surface area contributed by atoms with E-state index in [0.29, 0.717) is 0 Å². The smallest absolute Gasteiger partial charge is 0.0702 e. The van der Waals surface area contributed by atoms with Crippen LogP contribution < -0.4 is 0 Å². The lowest BCUT2D eigenvalue weighted by Gasteiger charge is -2.13. The van der Waals surface area contributed by atoms with Gasteiger partial charge < -0.3 is 0 Å². The van der Waals surface area contributed by atoms with Gasteiger partial charge in [-0.25, -0.2) is 0 Å². The number of aromatic nitrogens is 4. The van der Waals surface area contributed by atoms with Gasteiger partial charge in [-0.05, 0) is 103 Å². The average molecular weight is 556 g/mol. The Balaban J connectivity index is 1.50. The Morgan fingerprint density at radius 1 is 0.581 bits per heavy atom. The molecule has 0 N–H and O–H groups in total. The standard InChI is InChI=1S/C38H29N5/c1-3-11-35(40-4-2)29-18-27(19-30(22-29)36-12-5-8-15-41-36)33-24-34(26-39-25-33)28-20-31(37-13-6-9-16-42-37)23-32(21-28)38-14-7-10-17-43-38/h3-26H,1H2,2H3/b35-11-,40-4?. The number of aliphatic imine (C=N–C) groups is 1. The fourth-order valence-corrected chi connectivity index (χ4v) is 5.00. The van der Waals surface area contributed by atoms with Crippen LogP contribution in [0, 0.1) is 0 Å². The Morgan fingerprint density at radius 3 is 1.49 bits per heavy atom. The van der Waals surface area contributed by atoms with E-state index in [0.717, 1.165) is 67.3 Å². The molecule has 4 aromatic heterocycles. The maximum atomic E-state index is 4.68. The molecule has 0 amide bonds. The molecule has 0 aliphatic rings. The third-order valence-corrected chi connectivity index (χ3v) is 6.99. The van der Waals surface area contributed by atoms with E-state index in [1.54, 1.807) is 12.3 Å². The van der Waals surface area contributed by atoms with Gasteiger partial charge in [-0.15, -0.1) is 0 Å². The molecule has 43 heavy (non-hydrogen) atoms. The second-order valence-electron chi connectivity index (χ2n) is 9.88. The van der Waals surface area contributed by atoms with E-state index in [-0.39, 0.29) is 0 Å². The maximum absolute atomic E-state index is 4.68. The van der Waals surface area contributed by atoms with Gasteiger partial charge in [-0.2, -0.15) is 0 Å². The second-order valence-corrected chi connectivity index (χ2v) is 9.88. The monoisotopic (exact) mass is 555 g/mol. The third kappa shape index (κ3) is 6.26. The van der Waals surface area contributed by atoms with Crippen LogP contribution in [0.3, 0.4) is 0 Å². The van der Waals surface area contributed by atoms with E-state index in [9.17, 15) is 0 Å². The summed E-state index contributed by atoms with van der Waals surface area (Å²) in [6, 6.07) is 32.9. The molecule has 6 rings (SSSR count). The van der Waals surface area contributed by atoms with Gasteiger partial charge in [0.05, 0.1) is 22.8 Å². The molecule has 0 radical (unpaired) electrons. The van der Waals surface area contributed by atoms with Gasteiger partial charge in [-0.3, -0.25) is 24.9 Å². The molecule has 6 aromatic rings. The zero-order valence-electron chi connectivity index (χ0n) is 23.8. The van der Waals surface area contributed by atoms with Gasteiger partial charge in [0.2, 0.25) is 0 Å². The van der Waals surface area contributed by atoms with Crippen molar-refractivity contribution in [2.75, 3.05) is 0 Å². The summed E-state index contributed by atoms with van der Waals surface area (Å²) < 4.78 is 0. The number of benzene rings is 2. The molecule has 206 valence electrons. The third-order valence-electron chi connectivity index (χ3n) is 6.99. The molecule has 0 bridgehead atoms. The molecule has 5 nitrogen and oxygen atoms in total. The number of nitrogens with zero attached hydrogens (tertiary/aromatic N) is 5. The number of hydrogen-bond donors (Lipinski definition) is 0. The highest BCUT2D eigenvalue weighted by atomic mass is 14.7. The molecule has 2 aromatic carbocycles. The summed E-state index contributed by atoms with van der Waals surface area (Å²) in [5.74, 6) is 0. The quantitative estimate of drug-likeness (QED) is 0.139. The molecule has 0 aliphatic heterocycles. The van der Waals surface area contributed by atoms with Crippen LogP contribution in [0.25, 0.3) is 61.7 Å². The van der Waals surface area contributed by atoms with Crippen molar-refractivity contribution in [3.05, 3.63) is 152 Å². The summed E-state index contributed by atoms with van der Waals surface area (Å²) in [4.78, 5) is 23.1. The van der Waals surface area contributed by atoms with E-state index >= 15 is 0 Å². The summed E-state index contributed by atoms with van der Waals surface area (Å²) >= 11 is 0. The molecule has 0 atom stereocenters. The Morgan fingerprint density at radius 2 is 1.02 bits per heavy atom. The predicted molar refractivity (Wildman–Crippen MR) is 177 cm³/mol. The first-order valence-electron chi connectivity index (χ1n) is 14.0. The van der Waals surface area contributed by atoms with Crippen molar-refractivity contribution in [1.29, 1.82) is 0 Å². The minimum atomic E-state index is 0.823. The van der Waals surface area contributed by atoms with Gasteiger partial charge in [0.15, 0.2) is 0 Å². The highest BCUT2D eigenvalue weighted by Crippen LogP contribution is 2.35. The predicted octanol–water partition coefficient (Wildman–Crippen LogP) is 9.22. The fraction of sp³-hybridized carbons (Fsp3) is 0.0263. The largest absolute Gasteiger partial charge is 0.263 e. The van der Waals surface area contributed by atoms with Crippen LogP contribution in [-0.2, 0) is 0 Å². The fourth-order valence-electron chi connectivity index (χ4n) is 5.00. The molecule has 0 spiro atoms. The Hall–Kier alpha value is -5.81. The molecular weight excluding hydrogens is 526 g/mol. The Kier molecular flexibility index (Phi) is 8.14. The molecule has 4 heterocycles. The van der Waals surface area contributed by atoms with Crippen LogP contribution in [0.15, 0.2) is 152 Å². The van der Waals surface area contributed by atoms with Crippen LogP contribution >= 0.6 is 0 Å². The molecule has 0 fully saturated rings. The van der Waals surface area contributed by atoms with Crippen LogP contribution in [0.2, 0.25) is 0 Å². The second kappa shape index (κ2) is 12.8. The number of allylic oxidation sites excluding steroid dienone is 2. The summed E-state index contributed by atoms with van der Waals surface area (Å²) in [5.41, 5.74) is 11.5. The number of rotatable bonds is 8. The van der Waals surface area contributed by atoms with Crippen LogP contribution in [0.4, 0.5) is 0 Å². The van der Waals surface area contributed by atoms with Gasteiger partial charge in [0.1, 0.15) is 0 Å².